The topological polar surface area (TPSA) is 77.1 Å². The summed E-state index contributed by atoms with van der Waals surface area (Å²) < 4.78 is 16.0. The van der Waals surface area contributed by atoms with E-state index in [4.69, 9.17) is 14.2 Å². The third-order valence-corrected chi connectivity index (χ3v) is 5.85. The largest absolute Gasteiger partial charge is 0.493 e. The van der Waals surface area contributed by atoms with Gasteiger partial charge < -0.3 is 24.4 Å². The standard InChI is InChI=1S/C22H26N2O5S/c1-27-17-12-15(13-18(28-2)22(17)29-3)14-23-20(25)8-9-21(26)24-10-11-30-19-7-5-4-6-16(19)24/h4-7,12-13H,8-11,14H2,1-3H3,(H,23,25). The molecule has 0 saturated heterocycles. The molecule has 7 nitrogen and oxygen atoms in total. The zero-order valence-electron chi connectivity index (χ0n) is 17.4. The Morgan fingerprint density at radius 1 is 1.03 bits per heavy atom. The molecule has 8 heteroatoms. The Morgan fingerprint density at radius 2 is 1.73 bits per heavy atom. The van der Waals surface area contributed by atoms with Crippen molar-refractivity contribution in [2.75, 3.05) is 38.5 Å². The van der Waals surface area contributed by atoms with Gasteiger partial charge in [0.2, 0.25) is 17.6 Å². The first-order valence-electron chi connectivity index (χ1n) is 9.65. The molecule has 30 heavy (non-hydrogen) atoms. The fraction of sp³-hybridized carbons (Fsp3) is 0.364. The van der Waals surface area contributed by atoms with E-state index in [1.54, 1.807) is 43.0 Å². The number of rotatable bonds is 8. The van der Waals surface area contributed by atoms with E-state index in [1.807, 2.05) is 24.3 Å². The highest BCUT2D eigenvalue weighted by Crippen LogP contribution is 2.38. The molecular formula is C22H26N2O5S. The lowest BCUT2D eigenvalue weighted by molar-refractivity contribution is -0.125. The van der Waals surface area contributed by atoms with Crippen LogP contribution in [0.5, 0.6) is 17.2 Å². The van der Waals surface area contributed by atoms with Crippen molar-refractivity contribution >= 4 is 29.3 Å². The number of carbonyl (C=O) groups is 2. The third kappa shape index (κ3) is 4.99. The molecule has 2 aromatic carbocycles. The Kier molecular flexibility index (Phi) is 7.46. The molecule has 0 spiro atoms. The number of thioether (sulfide) groups is 1. The maximum Gasteiger partial charge on any atom is 0.227 e. The zero-order valence-corrected chi connectivity index (χ0v) is 18.2. The second-order valence-electron chi connectivity index (χ2n) is 6.67. The number of fused-ring (bicyclic) bond motifs is 1. The molecule has 2 aromatic rings. The summed E-state index contributed by atoms with van der Waals surface area (Å²) in [6.45, 7) is 0.959. The van der Waals surface area contributed by atoms with Crippen LogP contribution in [0, 0.1) is 0 Å². The van der Waals surface area contributed by atoms with Crippen molar-refractivity contribution in [2.24, 2.45) is 0 Å². The number of amides is 2. The van der Waals surface area contributed by atoms with Crippen molar-refractivity contribution in [3.63, 3.8) is 0 Å². The number of hydrogen-bond donors (Lipinski definition) is 1. The second-order valence-corrected chi connectivity index (χ2v) is 7.81. The van der Waals surface area contributed by atoms with Gasteiger partial charge in [-0.15, -0.1) is 11.8 Å². The van der Waals surface area contributed by atoms with Gasteiger partial charge in [-0.1, -0.05) is 12.1 Å². The molecule has 1 aliphatic rings. The monoisotopic (exact) mass is 430 g/mol. The molecule has 0 fully saturated rings. The van der Waals surface area contributed by atoms with Gasteiger partial charge in [0.1, 0.15) is 0 Å². The minimum absolute atomic E-state index is 0.0364. The van der Waals surface area contributed by atoms with E-state index in [0.29, 0.717) is 30.3 Å². The molecular weight excluding hydrogens is 404 g/mol. The number of methoxy groups -OCH3 is 3. The van der Waals surface area contributed by atoms with Crippen LogP contribution in [0.15, 0.2) is 41.3 Å². The molecule has 0 saturated carbocycles. The van der Waals surface area contributed by atoms with Crippen molar-refractivity contribution in [3.8, 4) is 17.2 Å². The number of para-hydroxylation sites is 1. The Morgan fingerprint density at radius 3 is 2.40 bits per heavy atom. The van der Waals surface area contributed by atoms with Crippen molar-refractivity contribution < 1.29 is 23.8 Å². The van der Waals surface area contributed by atoms with Gasteiger partial charge in [-0.05, 0) is 29.8 Å². The quantitative estimate of drug-likeness (QED) is 0.693. The van der Waals surface area contributed by atoms with Crippen LogP contribution < -0.4 is 24.4 Å². The van der Waals surface area contributed by atoms with Gasteiger partial charge in [-0.2, -0.15) is 0 Å². The highest BCUT2D eigenvalue weighted by molar-refractivity contribution is 7.99. The van der Waals surface area contributed by atoms with Crippen LogP contribution in [-0.2, 0) is 16.1 Å². The summed E-state index contributed by atoms with van der Waals surface area (Å²) in [7, 11) is 4.63. The third-order valence-electron chi connectivity index (χ3n) is 4.81. The van der Waals surface area contributed by atoms with E-state index in [0.717, 1.165) is 21.9 Å². The highest BCUT2D eigenvalue weighted by atomic mass is 32.2. The summed E-state index contributed by atoms with van der Waals surface area (Å²) in [5.74, 6) is 2.19. The Bertz CT molecular complexity index is 893. The summed E-state index contributed by atoms with van der Waals surface area (Å²) in [5, 5.41) is 2.85. The fourth-order valence-corrected chi connectivity index (χ4v) is 4.31. The number of benzene rings is 2. The number of nitrogens with zero attached hydrogens (tertiary/aromatic N) is 1. The van der Waals surface area contributed by atoms with Crippen LogP contribution >= 0.6 is 11.8 Å². The summed E-state index contributed by atoms with van der Waals surface area (Å²) in [4.78, 5) is 27.9. The summed E-state index contributed by atoms with van der Waals surface area (Å²) in [6, 6.07) is 11.4. The molecule has 3 rings (SSSR count). The number of anilines is 1. The van der Waals surface area contributed by atoms with Gasteiger partial charge in [0.05, 0.1) is 27.0 Å². The summed E-state index contributed by atoms with van der Waals surface area (Å²) in [5.41, 5.74) is 1.74. The van der Waals surface area contributed by atoms with Gasteiger partial charge in [-0.25, -0.2) is 0 Å². The second kappa shape index (κ2) is 10.2. The van der Waals surface area contributed by atoms with Crippen LogP contribution in [-0.4, -0.2) is 45.4 Å². The summed E-state index contributed by atoms with van der Waals surface area (Å²) >= 11 is 1.75. The van der Waals surface area contributed by atoms with Gasteiger partial charge in [0, 0.05) is 36.6 Å². The molecule has 0 atom stereocenters. The van der Waals surface area contributed by atoms with E-state index >= 15 is 0 Å². The highest BCUT2D eigenvalue weighted by Gasteiger charge is 2.23. The zero-order chi connectivity index (χ0) is 21.5. The van der Waals surface area contributed by atoms with Crippen molar-refractivity contribution in [3.05, 3.63) is 42.0 Å². The normalized spacial score (nSPS) is 12.7. The molecule has 0 aliphatic carbocycles. The van der Waals surface area contributed by atoms with Crippen LogP contribution in [0.3, 0.4) is 0 Å². The molecule has 160 valence electrons. The van der Waals surface area contributed by atoms with Crippen molar-refractivity contribution in [1.82, 2.24) is 5.32 Å². The van der Waals surface area contributed by atoms with E-state index in [-0.39, 0.29) is 24.7 Å². The first-order valence-corrected chi connectivity index (χ1v) is 10.6. The minimum Gasteiger partial charge on any atom is -0.493 e. The number of carbonyl (C=O) groups excluding carboxylic acids is 2. The Balaban J connectivity index is 1.55. The smallest absolute Gasteiger partial charge is 0.227 e. The van der Waals surface area contributed by atoms with Gasteiger partial charge in [-0.3, -0.25) is 9.59 Å². The number of ether oxygens (including phenoxy) is 3. The molecule has 1 N–H and O–H groups in total. The Labute approximate surface area is 180 Å². The van der Waals surface area contributed by atoms with Gasteiger partial charge in [0.15, 0.2) is 11.5 Å². The Hall–Kier alpha value is -2.87. The molecule has 0 bridgehead atoms. The lowest BCUT2D eigenvalue weighted by Crippen LogP contribution is -2.36. The van der Waals surface area contributed by atoms with Crippen LogP contribution in [0.25, 0.3) is 0 Å². The molecule has 0 unspecified atom stereocenters. The van der Waals surface area contributed by atoms with Crippen LogP contribution in [0.1, 0.15) is 18.4 Å². The maximum absolute atomic E-state index is 12.7. The molecule has 2 amide bonds. The molecule has 0 aromatic heterocycles. The van der Waals surface area contributed by atoms with Gasteiger partial charge >= 0.3 is 0 Å². The fourth-order valence-electron chi connectivity index (χ4n) is 3.31. The van der Waals surface area contributed by atoms with Crippen LogP contribution in [0.4, 0.5) is 5.69 Å². The van der Waals surface area contributed by atoms with E-state index < -0.39 is 0 Å². The van der Waals surface area contributed by atoms with Crippen molar-refractivity contribution in [1.29, 1.82) is 0 Å². The van der Waals surface area contributed by atoms with E-state index in [9.17, 15) is 9.59 Å². The molecule has 0 radical (unpaired) electrons. The van der Waals surface area contributed by atoms with Crippen molar-refractivity contribution in [2.45, 2.75) is 24.3 Å². The number of nitrogens with one attached hydrogen (secondary N) is 1. The minimum atomic E-state index is -0.184. The molecule has 1 aliphatic heterocycles. The van der Waals surface area contributed by atoms with Crippen LogP contribution in [0.2, 0.25) is 0 Å². The molecule has 1 heterocycles. The average Bonchev–Trinajstić information content (AvgIpc) is 2.79. The van der Waals surface area contributed by atoms with E-state index in [2.05, 4.69) is 5.32 Å². The number of hydrogen-bond acceptors (Lipinski definition) is 6. The first kappa shape index (κ1) is 21.8. The lowest BCUT2D eigenvalue weighted by Gasteiger charge is -2.29. The van der Waals surface area contributed by atoms with Gasteiger partial charge in [0.25, 0.3) is 0 Å². The lowest BCUT2D eigenvalue weighted by atomic mass is 10.1. The maximum atomic E-state index is 12.7. The first-order chi connectivity index (χ1) is 14.6. The summed E-state index contributed by atoms with van der Waals surface area (Å²) in [6.07, 6.45) is 0.301. The predicted octanol–water partition coefficient (Wildman–Crippen LogP) is 3.25. The SMILES string of the molecule is COc1cc(CNC(=O)CCC(=O)N2CCSc3ccccc32)cc(OC)c1OC. The van der Waals surface area contributed by atoms with E-state index in [1.165, 1.54) is 7.11 Å². The average molecular weight is 431 g/mol. The predicted molar refractivity (Wildman–Crippen MR) is 117 cm³/mol.